The third-order valence-corrected chi connectivity index (χ3v) is 16.3. The van der Waals surface area contributed by atoms with E-state index in [-0.39, 0.29) is 118 Å². The van der Waals surface area contributed by atoms with Crippen molar-refractivity contribution in [1.29, 1.82) is 0 Å². The largest absolute Gasteiger partial charge is 3.00 e. The molecule has 3 N–H and O–H groups in total. The van der Waals surface area contributed by atoms with E-state index in [2.05, 4.69) is 0 Å². The fraction of sp³-hybridized carbons (Fsp3) is 0.714. The molecule has 3 saturated carbocycles. The van der Waals surface area contributed by atoms with Crippen molar-refractivity contribution in [3.8, 4) is 0 Å². The van der Waals surface area contributed by atoms with Gasteiger partial charge in [-0.05, 0) is 73.0 Å². The topological polar surface area (TPSA) is 301 Å². The van der Waals surface area contributed by atoms with Crippen LogP contribution in [0.3, 0.4) is 0 Å². The Kier molecular flexibility index (Phi) is 23.3. The van der Waals surface area contributed by atoms with Gasteiger partial charge in [0.25, 0.3) is 0 Å². The molecule has 3 fully saturated rings. The molecule has 6 unspecified atom stereocenters. The molecule has 3 aliphatic carbocycles. The van der Waals surface area contributed by atoms with Gasteiger partial charge in [-0.15, -0.1) is 0 Å². The van der Waals surface area contributed by atoms with Gasteiger partial charge in [0.15, 0.2) is 0 Å². The van der Waals surface area contributed by atoms with Gasteiger partial charge in [-0.2, -0.15) is 92.2 Å². The molecular weight excluding hydrogens is 1450 g/mol. The molecule has 3 rings (SSSR count). The summed E-state index contributed by atoms with van der Waals surface area (Å²) in [6.45, 7) is 2.79. The third-order valence-electron chi connectivity index (χ3n) is 16.3. The molecule has 0 amide bonds. The summed E-state index contributed by atoms with van der Waals surface area (Å²) in [6, 6.07) is 0. The molecule has 0 aromatic heterocycles. The number of aliphatic hydroxyl groups excluding tert-OH is 3. The van der Waals surface area contributed by atoms with E-state index in [0.717, 1.165) is 0 Å². The fourth-order valence-corrected chi connectivity index (χ4v) is 11.1. The monoisotopic (exact) mass is 1490 g/mol. The molecule has 15 nitrogen and oxygen atoms in total. The molecule has 0 heterocycles. The Morgan fingerprint density at radius 1 is 0.325 bits per heavy atom. The first-order valence-electron chi connectivity index (χ1n) is 20.9. The summed E-state index contributed by atoms with van der Waals surface area (Å²) in [5, 5.41) is 95.3. The summed E-state index contributed by atoms with van der Waals surface area (Å²) >= 11 is 0. The van der Waals surface area contributed by atoms with Gasteiger partial charge in [0.2, 0.25) is 0 Å². The number of carbonyl (C=O) groups excluding carboxylic acids is 6. The number of carbonyl (C=O) groups is 6. The van der Waals surface area contributed by atoms with E-state index >= 15 is 0 Å². The molecule has 0 bridgehead atoms. The molecule has 0 aromatic carbocycles. The normalized spacial score (nSPS) is 29.1. The Morgan fingerprint density at radius 3 is 0.575 bits per heavy atom. The van der Waals surface area contributed by atoms with Crippen LogP contribution in [0.15, 0.2) is 37.0 Å². The van der Waals surface area contributed by atoms with Gasteiger partial charge in [0, 0.05) is 16.2 Å². The number of carboxylic acid groups (broad SMARTS) is 6. The second kappa shape index (κ2) is 23.5. The SMILES string of the molecule is CC1(C)C(C=CO)(C(=O)[O-])CCC1(C(=O)[O-])C(F)(F)C(F)(F)C(F)(F)F.CC1(C)C(C=CO)(C(=O)[O-])CCC1(C(=O)[O-])C(F)(F)C(F)(F)C(F)(F)F.CC1(C)C(C=CO)(C(=O)[O-])CCC1(C(=O)[O-])C(F)(F)C(F)(F)C(F)(F)F.[Eu+3].[Eu+3]. The van der Waals surface area contributed by atoms with Crippen LogP contribution in [0.4, 0.5) is 92.2 Å². The second-order valence-corrected chi connectivity index (χ2v) is 19.6. The van der Waals surface area contributed by atoms with Crippen molar-refractivity contribution in [2.45, 2.75) is 134 Å². The van der Waals surface area contributed by atoms with E-state index in [0.29, 0.717) is 59.8 Å². The van der Waals surface area contributed by atoms with Gasteiger partial charge in [0.05, 0.1) is 70.8 Å². The number of hydrogen-bond acceptors (Lipinski definition) is 15. The van der Waals surface area contributed by atoms with Crippen LogP contribution in [-0.4, -0.2) is 105 Å². The Hall–Kier alpha value is -2.86. The van der Waals surface area contributed by atoms with Crippen LogP contribution in [-0.2, 0) is 28.8 Å². The molecule has 80 heavy (non-hydrogen) atoms. The van der Waals surface area contributed by atoms with Crippen molar-refractivity contribution < 1.29 is 266 Å². The summed E-state index contributed by atoms with van der Waals surface area (Å²) in [6.07, 6.45) is -27.6. The summed E-state index contributed by atoms with van der Waals surface area (Å²) in [4.78, 5) is 68.9. The predicted octanol–water partition coefficient (Wildman–Crippen LogP) is 3.55. The maximum absolute atomic E-state index is 14.5. The molecular formula is C42H39Eu2F21O15. The second-order valence-electron chi connectivity index (χ2n) is 19.6. The minimum Gasteiger partial charge on any atom is -0.549 e. The van der Waals surface area contributed by atoms with E-state index in [1.165, 1.54) is 0 Å². The molecule has 0 aromatic rings. The zero-order valence-electron chi connectivity index (χ0n) is 40.6. The van der Waals surface area contributed by atoms with Gasteiger partial charge >= 0.3 is 153 Å². The van der Waals surface area contributed by atoms with Crippen LogP contribution in [0.5, 0.6) is 0 Å². The average Bonchev–Trinajstić information content (AvgIpc) is 3.75. The summed E-state index contributed by atoms with van der Waals surface area (Å²) in [5.74, 6) is -54.9. The zero-order valence-corrected chi connectivity index (χ0v) is 45.5. The molecule has 0 aliphatic heterocycles. The van der Waals surface area contributed by atoms with Gasteiger partial charge in [0.1, 0.15) is 0 Å². The van der Waals surface area contributed by atoms with Crippen molar-refractivity contribution in [2.75, 3.05) is 0 Å². The van der Waals surface area contributed by atoms with Crippen molar-refractivity contribution in [3.63, 3.8) is 0 Å². The number of carboxylic acids is 6. The Balaban J connectivity index is 0. The maximum atomic E-state index is 14.5. The number of aliphatic hydroxyl groups is 3. The Morgan fingerprint density at radius 2 is 0.475 bits per heavy atom. The van der Waals surface area contributed by atoms with Crippen LogP contribution in [0.1, 0.15) is 80.1 Å². The zero-order chi connectivity index (χ0) is 62.9. The molecule has 6 atom stereocenters. The van der Waals surface area contributed by atoms with Crippen molar-refractivity contribution in [1.82, 2.24) is 0 Å². The molecule has 3 aliphatic rings. The van der Waals surface area contributed by atoms with Crippen molar-refractivity contribution >= 4 is 35.8 Å². The number of rotatable bonds is 15. The first-order chi connectivity index (χ1) is 34.2. The smallest absolute Gasteiger partial charge is 0.549 e. The number of halogens is 21. The first-order valence-corrected chi connectivity index (χ1v) is 20.9. The minimum atomic E-state index is -6.82. The van der Waals surface area contributed by atoms with Crippen LogP contribution in [0, 0.1) is 147 Å². The maximum Gasteiger partial charge on any atom is 3.00 e. The number of aliphatic carboxylic acids is 6. The number of alkyl halides is 21. The average molecular weight is 1490 g/mol. The van der Waals surface area contributed by atoms with Crippen LogP contribution >= 0.6 is 0 Å². The van der Waals surface area contributed by atoms with Crippen LogP contribution < -0.4 is 30.6 Å². The van der Waals surface area contributed by atoms with E-state index in [1.54, 1.807) is 0 Å². The van der Waals surface area contributed by atoms with E-state index < -0.39 is 177 Å². The quantitative estimate of drug-likeness (QED) is 0.156. The van der Waals surface area contributed by atoms with Crippen LogP contribution in [0.25, 0.3) is 0 Å². The van der Waals surface area contributed by atoms with Gasteiger partial charge in [-0.25, -0.2) is 0 Å². The van der Waals surface area contributed by atoms with E-state index in [9.17, 15) is 152 Å². The Labute approximate surface area is 516 Å². The standard InChI is InChI=1S/3C14H15F7O5.2Eu/c3*1-9(2)10(5-6-22,7(23)24)3-4-11(9,8(25)26)12(15,16)13(17,18)14(19,20)21;;/h3*5-6,22H,3-4H2,1-2H3,(H,23,24)(H,25,26);;/q;;;2*+3/p-6. The fourth-order valence-electron chi connectivity index (χ4n) is 11.1. The molecule has 0 spiro atoms. The van der Waals surface area contributed by atoms with Gasteiger partial charge < -0.3 is 74.7 Å². The molecule has 0 radical (unpaired) electrons. The van der Waals surface area contributed by atoms with Crippen molar-refractivity contribution in [2.24, 2.45) is 48.7 Å². The summed E-state index contributed by atoms with van der Waals surface area (Å²) in [7, 11) is 0. The predicted molar refractivity (Wildman–Crippen MR) is 197 cm³/mol. The van der Waals surface area contributed by atoms with E-state index in [1.807, 2.05) is 0 Å². The van der Waals surface area contributed by atoms with Gasteiger partial charge in [-0.3, -0.25) is 0 Å². The van der Waals surface area contributed by atoms with Crippen molar-refractivity contribution in [3.05, 3.63) is 37.0 Å². The van der Waals surface area contributed by atoms with Gasteiger partial charge in [-0.1, -0.05) is 41.5 Å². The first kappa shape index (κ1) is 79.2. The van der Waals surface area contributed by atoms with Crippen LogP contribution in [0.2, 0.25) is 0 Å². The van der Waals surface area contributed by atoms with E-state index in [4.69, 9.17) is 15.3 Å². The molecule has 38 heteroatoms. The number of hydrogen-bond donors (Lipinski definition) is 3. The summed E-state index contributed by atoms with van der Waals surface area (Å²) < 4.78 is 281. The Bertz CT molecular complexity index is 2200. The third kappa shape index (κ3) is 10.2. The molecule has 458 valence electrons. The minimum absolute atomic E-state index is 0. The molecule has 0 saturated heterocycles. The summed E-state index contributed by atoms with van der Waals surface area (Å²) in [5.41, 5.74) is -30.0.